The molecule has 9 aromatic rings. The Hall–Kier alpha value is -6.43. The first-order valence-corrected chi connectivity index (χ1v) is 20.7. The van der Waals surface area contributed by atoms with Gasteiger partial charge in [-0.05, 0) is 62.5 Å². The summed E-state index contributed by atoms with van der Waals surface area (Å²) in [5.74, 6) is 1.90. The zero-order valence-electron chi connectivity index (χ0n) is 28.8. The Morgan fingerprint density at radius 2 is 1.04 bits per heavy atom. The molecule has 0 N–H and O–H groups in total. The van der Waals surface area contributed by atoms with Gasteiger partial charge in [-0.2, -0.15) is 0 Å². The van der Waals surface area contributed by atoms with Crippen molar-refractivity contribution >= 4 is 40.4 Å². The van der Waals surface area contributed by atoms with Gasteiger partial charge < -0.3 is 4.42 Å². The Bertz CT molecular complexity index is 2810. The lowest BCUT2D eigenvalue weighted by Gasteiger charge is -2.19. The summed E-state index contributed by atoms with van der Waals surface area (Å²) in [7, 11) is -1.95. The highest BCUT2D eigenvalue weighted by molar-refractivity contribution is 7.04. The Balaban J connectivity index is 1.23. The fraction of sp³-hybridized carbons (Fsp3) is 0.0426. The van der Waals surface area contributed by atoms with E-state index in [0.717, 1.165) is 49.8 Å². The van der Waals surface area contributed by atoms with Gasteiger partial charge in [0, 0.05) is 33.0 Å². The number of fused-ring (bicyclic) bond motifs is 6. The molecule has 0 spiro atoms. The van der Waals surface area contributed by atoms with Gasteiger partial charge in [-0.1, -0.05) is 153 Å². The first kappa shape index (κ1) is 30.4. The van der Waals surface area contributed by atoms with Crippen molar-refractivity contribution in [3.63, 3.8) is 0 Å². The van der Waals surface area contributed by atoms with Crippen molar-refractivity contribution in [1.82, 2.24) is 15.0 Å². The van der Waals surface area contributed by atoms with E-state index in [1.165, 1.54) is 32.6 Å². The molecule has 52 heavy (non-hydrogen) atoms. The van der Waals surface area contributed by atoms with Crippen molar-refractivity contribution in [1.29, 1.82) is 0 Å². The number of aromatic nitrogens is 3. The molecule has 5 heteroatoms. The van der Waals surface area contributed by atoms with Gasteiger partial charge in [-0.15, -0.1) is 0 Å². The summed E-state index contributed by atoms with van der Waals surface area (Å²) in [5, 5.41) is 5.03. The monoisotopic (exact) mass is 683 g/mol. The minimum atomic E-state index is -1.95. The fourth-order valence-electron chi connectivity index (χ4n) is 8.05. The van der Waals surface area contributed by atoms with Crippen molar-refractivity contribution in [2.75, 3.05) is 0 Å². The highest BCUT2D eigenvalue weighted by Gasteiger charge is 2.39. The fourth-order valence-corrected chi connectivity index (χ4v) is 11.1. The first-order chi connectivity index (χ1) is 25.5. The maximum atomic E-state index is 6.37. The normalized spacial score (nSPS) is 13.0. The van der Waals surface area contributed by atoms with Gasteiger partial charge in [0.15, 0.2) is 17.5 Å². The van der Waals surface area contributed by atoms with Crippen molar-refractivity contribution in [2.45, 2.75) is 13.1 Å². The van der Waals surface area contributed by atoms with Gasteiger partial charge >= 0.3 is 0 Å². The molecule has 3 heterocycles. The molecule has 1 aliphatic rings. The average molecular weight is 684 g/mol. The van der Waals surface area contributed by atoms with Gasteiger partial charge in [-0.3, -0.25) is 0 Å². The number of furan rings is 1. The summed E-state index contributed by atoms with van der Waals surface area (Å²) in [6.45, 7) is 4.92. The Morgan fingerprint density at radius 1 is 0.404 bits per heavy atom. The molecule has 0 saturated carbocycles. The summed E-state index contributed by atoms with van der Waals surface area (Å²) in [6, 6.07) is 57.5. The topological polar surface area (TPSA) is 51.8 Å². The third-order valence-corrected chi connectivity index (χ3v) is 14.1. The summed E-state index contributed by atoms with van der Waals surface area (Å²) >= 11 is 0. The second-order valence-electron chi connectivity index (χ2n) is 14.0. The van der Waals surface area contributed by atoms with E-state index in [9.17, 15) is 0 Å². The van der Waals surface area contributed by atoms with Crippen LogP contribution in [-0.2, 0) is 0 Å². The molecule has 7 aromatic carbocycles. The minimum Gasteiger partial charge on any atom is -0.456 e. The van der Waals surface area contributed by atoms with Crippen LogP contribution in [-0.4, -0.2) is 23.0 Å². The highest BCUT2D eigenvalue weighted by Crippen LogP contribution is 2.43. The van der Waals surface area contributed by atoms with Gasteiger partial charge in [-0.25, -0.2) is 15.0 Å². The predicted octanol–water partition coefficient (Wildman–Crippen LogP) is 10.9. The number of para-hydroxylation sites is 1. The lowest BCUT2D eigenvalue weighted by molar-refractivity contribution is 0.669. The Morgan fingerprint density at radius 3 is 1.79 bits per heavy atom. The van der Waals surface area contributed by atoms with Gasteiger partial charge in [0.2, 0.25) is 0 Å². The number of hydrogen-bond donors (Lipinski definition) is 0. The Kier molecular flexibility index (Phi) is 6.91. The van der Waals surface area contributed by atoms with Crippen molar-refractivity contribution in [3.8, 4) is 67.5 Å². The molecule has 0 radical (unpaired) electrons. The zero-order valence-corrected chi connectivity index (χ0v) is 29.8. The third-order valence-electron chi connectivity index (χ3n) is 10.6. The van der Waals surface area contributed by atoms with E-state index in [4.69, 9.17) is 19.4 Å². The van der Waals surface area contributed by atoms with Crippen LogP contribution in [0.2, 0.25) is 13.1 Å². The quantitative estimate of drug-likeness (QED) is 0.169. The van der Waals surface area contributed by atoms with Crippen LogP contribution < -0.4 is 10.4 Å². The maximum Gasteiger partial charge on any atom is 0.164 e. The number of benzene rings is 7. The second-order valence-corrected chi connectivity index (χ2v) is 18.3. The molecule has 2 aromatic heterocycles. The van der Waals surface area contributed by atoms with E-state index in [2.05, 4.69) is 134 Å². The summed E-state index contributed by atoms with van der Waals surface area (Å²) in [5.41, 5.74) is 11.8. The second kappa shape index (κ2) is 11.8. The van der Waals surface area contributed by atoms with Crippen LogP contribution >= 0.6 is 0 Å². The summed E-state index contributed by atoms with van der Waals surface area (Å²) in [6.07, 6.45) is 0. The molecule has 0 amide bonds. The Labute approximate surface area is 303 Å². The molecule has 0 bridgehead atoms. The molecule has 0 fully saturated rings. The van der Waals surface area contributed by atoms with Crippen LogP contribution in [0.4, 0.5) is 0 Å². The van der Waals surface area contributed by atoms with Gasteiger partial charge in [0.25, 0.3) is 0 Å². The van der Waals surface area contributed by atoms with E-state index in [-0.39, 0.29) is 0 Å². The zero-order chi connectivity index (χ0) is 34.8. The number of hydrogen-bond acceptors (Lipinski definition) is 4. The molecule has 1 aliphatic heterocycles. The molecular weight excluding hydrogens is 651 g/mol. The molecule has 10 rings (SSSR count). The molecular formula is C47H33N3OSi. The average Bonchev–Trinajstić information content (AvgIpc) is 3.70. The van der Waals surface area contributed by atoms with Crippen LogP contribution in [0, 0.1) is 0 Å². The lowest BCUT2D eigenvalue weighted by Crippen LogP contribution is -2.49. The number of rotatable bonds is 5. The van der Waals surface area contributed by atoms with E-state index < -0.39 is 8.07 Å². The SMILES string of the molecule is C[Si]1(C)c2ccc(-c3nc(-c4ccccc4)nc(-c4ccc5oc6ccccc6c5c4-c4ccccc4)n3)cc2-c2c(-c3ccccc3)cccc21. The molecule has 0 saturated heterocycles. The first-order valence-electron chi connectivity index (χ1n) is 17.7. The van der Waals surface area contributed by atoms with E-state index >= 15 is 0 Å². The van der Waals surface area contributed by atoms with Crippen LogP contribution in [0.25, 0.3) is 89.5 Å². The lowest BCUT2D eigenvalue weighted by atomic mass is 9.93. The van der Waals surface area contributed by atoms with Crippen molar-refractivity contribution < 1.29 is 4.42 Å². The van der Waals surface area contributed by atoms with Crippen LogP contribution in [0.1, 0.15) is 0 Å². The van der Waals surface area contributed by atoms with Gasteiger partial charge in [0.05, 0.1) is 0 Å². The molecule has 0 atom stereocenters. The van der Waals surface area contributed by atoms with E-state index in [1.54, 1.807) is 0 Å². The summed E-state index contributed by atoms with van der Waals surface area (Å²) < 4.78 is 6.37. The van der Waals surface area contributed by atoms with Crippen molar-refractivity contribution in [3.05, 3.63) is 164 Å². The third kappa shape index (κ3) is 4.78. The largest absolute Gasteiger partial charge is 0.456 e. The van der Waals surface area contributed by atoms with Crippen LogP contribution in [0.15, 0.2) is 168 Å². The predicted molar refractivity (Wildman–Crippen MR) is 216 cm³/mol. The molecule has 246 valence electrons. The number of nitrogens with zero attached hydrogens (tertiary/aromatic N) is 3. The smallest absolute Gasteiger partial charge is 0.164 e. The maximum absolute atomic E-state index is 6.37. The van der Waals surface area contributed by atoms with Crippen LogP contribution in [0.5, 0.6) is 0 Å². The standard InChI is InChI=1S/C47H33N3OSi/c1-52(2)40-28-25-33(29-37(40)43-34(22-14-24-41(43)52)30-15-6-3-7-16-30)46-48-45(32-19-10-5-11-20-32)49-47(50-46)36-26-27-39-44(35-21-12-13-23-38(35)51-39)42(36)31-17-8-4-9-18-31/h3-29H,1-2H3. The highest BCUT2D eigenvalue weighted by atomic mass is 28.3. The van der Waals surface area contributed by atoms with E-state index in [0.29, 0.717) is 17.5 Å². The van der Waals surface area contributed by atoms with Gasteiger partial charge in [0.1, 0.15) is 19.2 Å². The van der Waals surface area contributed by atoms with E-state index in [1.807, 2.05) is 42.5 Å². The molecule has 4 nitrogen and oxygen atoms in total. The summed E-state index contributed by atoms with van der Waals surface area (Å²) in [4.78, 5) is 15.7. The van der Waals surface area contributed by atoms with Crippen molar-refractivity contribution in [2.24, 2.45) is 0 Å². The van der Waals surface area contributed by atoms with Crippen LogP contribution in [0.3, 0.4) is 0 Å². The molecule has 0 unspecified atom stereocenters. The minimum absolute atomic E-state index is 0.621. The molecule has 0 aliphatic carbocycles.